The van der Waals surface area contributed by atoms with Gasteiger partial charge in [0.15, 0.2) is 0 Å². The van der Waals surface area contributed by atoms with Crippen LogP contribution < -0.4 is 4.90 Å². The van der Waals surface area contributed by atoms with Gasteiger partial charge in [-0.2, -0.15) is 0 Å². The van der Waals surface area contributed by atoms with E-state index in [0.717, 1.165) is 11.3 Å². The minimum Gasteiger partial charge on any atom is -0.273 e. The highest BCUT2D eigenvalue weighted by atomic mass is 32.2. The number of carbonyl (C=O) groups excluding carboxylic acids is 1. The molecule has 19 heavy (non-hydrogen) atoms. The van der Waals surface area contributed by atoms with E-state index in [1.165, 1.54) is 40.4 Å². The monoisotopic (exact) mass is 299 g/mol. The summed E-state index contributed by atoms with van der Waals surface area (Å²) in [6, 6.07) is 3.66. The molecule has 1 aliphatic heterocycles. The number of benzene rings is 1. The molecule has 0 saturated carbocycles. The third-order valence-electron chi connectivity index (χ3n) is 2.67. The van der Waals surface area contributed by atoms with Crippen LogP contribution in [0.5, 0.6) is 0 Å². The summed E-state index contributed by atoms with van der Waals surface area (Å²) in [6.45, 7) is 0. The molecule has 3 rings (SSSR count). The van der Waals surface area contributed by atoms with Crippen LogP contribution in [0.4, 0.5) is 13.9 Å². The molecule has 1 fully saturated rings. The van der Waals surface area contributed by atoms with Crippen molar-refractivity contribution in [2.45, 2.75) is 5.37 Å². The van der Waals surface area contributed by atoms with Crippen molar-refractivity contribution in [2.24, 2.45) is 0 Å². The van der Waals surface area contributed by atoms with Crippen molar-refractivity contribution < 1.29 is 13.6 Å². The summed E-state index contributed by atoms with van der Waals surface area (Å²) in [5.74, 6) is -1.39. The van der Waals surface area contributed by atoms with Gasteiger partial charge in [0, 0.05) is 0 Å². The van der Waals surface area contributed by atoms with E-state index in [2.05, 4.69) is 10.2 Å². The average Bonchev–Trinajstić information content (AvgIpc) is 2.99. The van der Waals surface area contributed by atoms with Crippen molar-refractivity contribution in [1.82, 2.24) is 10.2 Å². The second-order valence-corrected chi connectivity index (χ2v) is 5.66. The highest BCUT2D eigenvalue weighted by Gasteiger charge is 2.38. The second kappa shape index (κ2) is 4.86. The molecule has 0 spiro atoms. The van der Waals surface area contributed by atoms with Gasteiger partial charge >= 0.3 is 0 Å². The van der Waals surface area contributed by atoms with Crippen LogP contribution in [0.15, 0.2) is 23.7 Å². The number of hydrogen-bond donors (Lipinski definition) is 0. The standard InChI is InChI=1S/C11H7F2N3OS2/c12-6-2-1-3-7(13)9(6)10-16(8(17)4-18-10)11-15-14-5-19-11/h1-3,5,10H,4H2/t10-/m0/s1. The van der Waals surface area contributed by atoms with Crippen LogP contribution in [-0.2, 0) is 4.79 Å². The van der Waals surface area contributed by atoms with Crippen LogP contribution in [0.25, 0.3) is 0 Å². The zero-order valence-electron chi connectivity index (χ0n) is 9.42. The molecule has 4 nitrogen and oxygen atoms in total. The van der Waals surface area contributed by atoms with Crippen LogP contribution in [0.1, 0.15) is 10.9 Å². The molecule has 1 saturated heterocycles. The first-order valence-electron chi connectivity index (χ1n) is 5.32. The summed E-state index contributed by atoms with van der Waals surface area (Å²) >= 11 is 2.33. The third-order valence-corrected chi connectivity index (χ3v) is 4.53. The van der Waals surface area contributed by atoms with E-state index >= 15 is 0 Å². The molecule has 0 unspecified atom stereocenters. The first-order valence-corrected chi connectivity index (χ1v) is 7.25. The molecular formula is C11H7F2N3OS2. The van der Waals surface area contributed by atoms with Crippen LogP contribution in [0.2, 0.25) is 0 Å². The third kappa shape index (κ3) is 2.10. The van der Waals surface area contributed by atoms with Crippen molar-refractivity contribution in [3.63, 3.8) is 0 Å². The van der Waals surface area contributed by atoms with E-state index in [-0.39, 0.29) is 17.2 Å². The van der Waals surface area contributed by atoms with Gasteiger partial charge in [0.2, 0.25) is 11.0 Å². The number of halogens is 2. The molecule has 1 atom stereocenters. The summed E-state index contributed by atoms with van der Waals surface area (Å²) < 4.78 is 27.6. The highest BCUT2D eigenvalue weighted by molar-refractivity contribution is 8.00. The van der Waals surface area contributed by atoms with Gasteiger partial charge in [-0.05, 0) is 12.1 Å². The number of rotatable bonds is 2. The molecule has 1 amide bonds. The summed E-state index contributed by atoms with van der Waals surface area (Å²) in [6.07, 6.45) is 0. The Balaban J connectivity index is 2.07. The lowest BCUT2D eigenvalue weighted by atomic mass is 10.2. The van der Waals surface area contributed by atoms with Crippen LogP contribution >= 0.6 is 23.1 Å². The Labute approximate surface area is 115 Å². The molecule has 0 N–H and O–H groups in total. The number of amides is 1. The fourth-order valence-electron chi connectivity index (χ4n) is 1.86. The minimum atomic E-state index is -0.735. The molecule has 2 aromatic rings. The zero-order valence-corrected chi connectivity index (χ0v) is 11.0. The highest BCUT2D eigenvalue weighted by Crippen LogP contribution is 2.43. The molecule has 8 heteroatoms. The Kier molecular flexibility index (Phi) is 3.19. The molecular weight excluding hydrogens is 292 g/mol. The van der Waals surface area contributed by atoms with Crippen molar-refractivity contribution in [3.05, 3.63) is 40.9 Å². The molecule has 2 heterocycles. The van der Waals surface area contributed by atoms with E-state index < -0.39 is 17.0 Å². The summed E-state index contributed by atoms with van der Waals surface area (Å²) in [5.41, 5.74) is 1.36. The SMILES string of the molecule is O=C1CS[C@@H](c2c(F)cccc2F)N1c1nncs1. The van der Waals surface area contributed by atoms with Crippen LogP contribution in [-0.4, -0.2) is 21.9 Å². The Hall–Kier alpha value is -1.54. The number of thioether (sulfide) groups is 1. The molecule has 0 radical (unpaired) electrons. The maximum absolute atomic E-state index is 13.8. The Morgan fingerprint density at radius 1 is 1.32 bits per heavy atom. The Bertz CT molecular complexity index is 600. The number of anilines is 1. The quantitative estimate of drug-likeness (QED) is 0.855. The van der Waals surface area contributed by atoms with Crippen molar-refractivity contribution in [2.75, 3.05) is 10.7 Å². The molecule has 98 valence electrons. The zero-order chi connectivity index (χ0) is 13.4. The first kappa shape index (κ1) is 12.5. The summed E-state index contributed by atoms with van der Waals surface area (Å²) in [4.78, 5) is 13.2. The molecule has 1 aliphatic rings. The second-order valence-electron chi connectivity index (χ2n) is 3.78. The van der Waals surface area contributed by atoms with Gasteiger partial charge in [0.1, 0.15) is 22.5 Å². The lowest BCUT2D eigenvalue weighted by molar-refractivity contribution is -0.115. The van der Waals surface area contributed by atoms with Gasteiger partial charge < -0.3 is 0 Å². The molecule has 1 aromatic carbocycles. The maximum Gasteiger partial charge on any atom is 0.240 e. The fraction of sp³-hybridized carbons (Fsp3) is 0.182. The van der Waals surface area contributed by atoms with Crippen molar-refractivity contribution in [1.29, 1.82) is 0 Å². The predicted octanol–water partition coefficient (Wildman–Crippen LogP) is 2.59. The first-order chi connectivity index (χ1) is 9.18. The van der Waals surface area contributed by atoms with Gasteiger partial charge in [-0.1, -0.05) is 17.4 Å². The number of hydrogen-bond acceptors (Lipinski definition) is 5. The fourth-order valence-corrected chi connectivity index (χ4v) is 3.73. The van der Waals surface area contributed by atoms with E-state index in [0.29, 0.717) is 5.13 Å². The molecule has 0 bridgehead atoms. The minimum absolute atomic E-state index is 0.117. The lowest BCUT2D eigenvalue weighted by Crippen LogP contribution is -2.28. The maximum atomic E-state index is 13.8. The van der Waals surface area contributed by atoms with Gasteiger partial charge in [0.05, 0.1) is 11.3 Å². The number of aromatic nitrogens is 2. The van der Waals surface area contributed by atoms with Crippen LogP contribution in [0, 0.1) is 11.6 Å². The van der Waals surface area contributed by atoms with Crippen LogP contribution in [0.3, 0.4) is 0 Å². The van der Waals surface area contributed by atoms with E-state index in [9.17, 15) is 13.6 Å². The lowest BCUT2D eigenvalue weighted by Gasteiger charge is -2.21. The number of nitrogens with zero attached hydrogens (tertiary/aromatic N) is 3. The van der Waals surface area contributed by atoms with Crippen molar-refractivity contribution >= 4 is 34.1 Å². The van der Waals surface area contributed by atoms with E-state index in [1.807, 2.05) is 0 Å². The normalized spacial score (nSPS) is 19.2. The summed E-state index contributed by atoms with van der Waals surface area (Å²) in [5, 5.41) is 7.07. The average molecular weight is 299 g/mol. The Morgan fingerprint density at radius 2 is 2.05 bits per heavy atom. The van der Waals surface area contributed by atoms with Crippen molar-refractivity contribution in [3.8, 4) is 0 Å². The van der Waals surface area contributed by atoms with Gasteiger partial charge in [-0.25, -0.2) is 8.78 Å². The van der Waals surface area contributed by atoms with Gasteiger partial charge in [-0.15, -0.1) is 22.0 Å². The largest absolute Gasteiger partial charge is 0.273 e. The Morgan fingerprint density at radius 3 is 2.68 bits per heavy atom. The summed E-state index contributed by atoms with van der Waals surface area (Å²) in [7, 11) is 0. The predicted molar refractivity (Wildman–Crippen MR) is 69.0 cm³/mol. The van der Waals surface area contributed by atoms with Gasteiger partial charge in [0.25, 0.3) is 0 Å². The molecule has 1 aromatic heterocycles. The smallest absolute Gasteiger partial charge is 0.240 e. The van der Waals surface area contributed by atoms with E-state index in [4.69, 9.17) is 0 Å². The molecule has 0 aliphatic carbocycles. The van der Waals surface area contributed by atoms with E-state index in [1.54, 1.807) is 0 Å². The number of carbonyl (C=O) groups is 1. The topological polar surface area (TPSA) is 46.1 Å². The van der Waals surface area contributed by atoms with Gasteiger partial charge in [-0.3, -0.25) is 9.69 Å².